The summed E-state index contributed by atoms with van der Waals surface area (Å²) in [4.78, 5) is 2.40. The second-order valence-corrected chi connectivity index (χ2v) is 5.66. The first-order valence-corrected chi connectivity index (χ1v) is 5.91. The molecule has 1 aromatic heterocycles. The van der Waals surface area contributed by atoms with Gasteiger partial charge < -0.3 is 5.73 Å². The molecule has 6 heteroatoms. The van der Waals surface area contributed by atoms with Gasteiger partial charge in [-0.3, -0.25) is 4.90 Å². The topological polar surface area (TPSA) is 55.0 Å². The van der Waals surface area contributed by atoms with Crippen LogP contribution >= 0.6 is 22.9 Å². The maximum atomic E-state index is 5.98. The van der Waals surface area contributed by atoms with E-state index in [1.807, 2.05) is 0 Å². The molecule has 1 saturated carbocycles. The highest BCUT2D eigenvalue weighted by Crippen LogP contribution is 2.40. The fourth-order valence-corrected chi connectivity index (χ4v) is 3.31. The first-order chi connectivity index (χ1) is 6.74. The molecule has 4 rings (SSSR count). The summed E-state index contributed by atoms with van der Waals surface area (Å²) >= 11 is 7.18. The van der Waals surface area contributed by atoms with Crippen molar-refractivity contribution in [2.75, 3.05) is 6.54 Å². The molecule has 2 saturated heterocycles. The van der Waals surface area contributed by atoms with Crippen LogP contribution in [0.2, 0.25) is 4.47 Å². The summed E-state index contributed by atoms with van der Waals surface area (Å²) in [5, 5.41) is 8.80. The summed E-state index contributed by atoms with van der Waals surface area (Å²) in [6, 6.07) is 0.959. The number of hydrogen-bond donors (Lipinski definition) is 1. The fraction of sp³-hybridized carbons (Fsp3) is 0.750. The Balaban J connectivity index is 1.69. The van der Waals surface area contributed by atoms with E-state index in [1.165, 1.54) is 17.8 Å². The number of nitrogens with zero attached hydrogens (tertiary/aromatic N) is 3. The Labute approximate surface area is 91.1 Å². The van der Waals surface area contributed by atoms with Gasteiger partial charge in [0.05, 0.1) is 6.54 Å². The van der Waals surface area contributed by atoms with E-state index in [1.54, 1.807) is 0 Å². The fourth-order valence-electron chi connectivity index (χ4n) is 2.42. The van der Waals surface area contributed by atoms with Crippen molar-refractivity contribution < 1.29 is 0 Å². The molecule has 76 valence electrons. The summed E-state index contributed by atoms with van der Waals surface area (Å²) < 4.78 is 0.524. The van der Waals surface area contributed by atoms with Crippen molar-refractivity contribution in [1.29, 1.82) is 0 Å². The van der Waals surface area contributed by atoms with Gasteiger partial charge >= 0.3 is 0 Å². The summed E-state index contributed by atoms with van der Waals surface area (Å²) in [7, 11) is 0. The molecule has 2 aliphatic heterocycles. The molecule has 4 nitrogen and oxygen atoms in total. The quantitative estimate of drug-likeness (QED) is 0.814. The van der Waals surface area contributed by atoms with Gasteiger partial charge in [0.1, 0.15) is 5.01 Å². The van der Waals surface area contributed by atoms with Gasteiger partial charge in [-0.25, -0.2) is 0 Å². The lowest BCUT2D eigenvalue weighted by molar-refractivity contribution is 0.208. The molecule has 3 heterocycles. The van der Waals surface area contributed by atoms with E-state index in [0.717, 1.165) is 18.1 Å². The molecule has 1 aromatic rings. The molecule has 3 fully saturated rings. The zero-order chi connectivity index (χ0) is 9.71. The Morgan fingerprint density at radius 3 is 2.93 bits per heavy atom. The van der Waals surface area contributed by atoms with Crippen LogP contribution in [0.4, 0.5) is 0 Å². The van der Waals surface area contributed by atoms with Crippen LogP contribution < -0.4 is 5.73 Å². The molecular formula is C8H11ClN4S. The third-order valence-corrected chi connectivity index (χ3v) is 4.25. The third-order valence-electron chi connectivity index (χ3n) is 3.25. The van der Waals surface area contributed by atoms with Gasteiger partial charge in [-0.2, -0.15) is 0 Å². The number of nitrogens with two attached hydrogens (primary N) is 1. The van der Waals surface area contributed by atoms with E-state index in [0.29, 0.717) is 22.5 Å². The van der Waals surface area contributed by atoms with Crippen molar-refractivity contribution in [3.8, 4) is 0 Å². The predicted octanol–water partition coefficient (Wildman–Crippen LogP) is 0.723. The van der Waals surface area contributed by atoms with Crippen LogP contribution in [0, 0.1) is 5.92 Å². The maximum absolute atomic E-state index is 5.98. The minimum Gasteiger partial charge on any atom is -0.326 e. The SMILES string of the molecule is NC1C2CC1N(Cc1nnc(Cl)s1)C2. The zero-order valence-electron chi connectivity index (χ0n) is 7.56. The maximum Gasteiger partial charge on any atom is 0.207 e. The minimum absolute atomic E-state index is 0.387. The third kappa shape index (κ3) is 1.27. The molecule has 0 radical (unpaired) electrons. The monoisotopic (exact) mass is 230 g/mol. The van der Waals surface area contributed by atoms with E-state index >= 15 is 0 Å². The van der Waals surface area contributed by atoms with Gasteiger partial charge in [0, 0.05) is 18.6 Å². The van der Waals surface area contributed by atoms with E-state index < -0.39 is 0 Å². The van der Waals surface area contributed by atoms with Gasteiger partial charge in [-0.05, 0) is 23.9 Å². The van der Waals surface area contributed by atoms with E-state index in [4.69, 9.17) is 17.3 Å². The Morgan fingerprint density at radius 1 is 1.57 bits per heavy atom. The molecule has 0 amide bonds. The van der Waals surface area contributed by atoms with E-state index in [-0.39, 0.29) is 0 Å². The van der Waals surface area contributed by atoms with E-state index in [9.17, 15) is 0 Å². The molecular weight excluding hydrogens is 220 g/mol. The lowest BCUT2D eigenvalue weighted by Gasteiger charge is -2.33. The Hall–Kier alpha value is -0.230. The van der Waals surface area contributed by atoms with Crippen LogP contribution in [0.5, 0.6) is 0 Å². The van der Waals surface area contributed by atoms with Crippen LogP contribution in [0.1, 0.15) is 11.4 Å². The van der Waals surface area contributed by atoms with Crippen molar-refractivity contribution in [2.45, 2.75) is 25.0 Å². The standard InChI is InChI=1S/C8H11ClN4S/c9-8-12-11-6(14-8)3-13-2-4-1-5(13)7(4)10/h4-5,7H,1-3,10H2. The Morgan fingerprint density at radius 2 is 2.43 bits per heavy atom. The molecule has 3 aliphatic rings. The Bertz CT molecular complexity index is 355. The highest BCUT2D eigenvalue weighted by atomic mass is 35.5. The van der Waals surface area contributed by atoms with Crippen LogP contribution in [0.15, 0.2) is 0 Å². The summed E-state index contributed by atoms with van der Waals surface area (Å²) in [5.74, 6) is 0.711. The summed E-state index contributed by atoms with van der Waals surface area (Å²) in [6.07, 6.45) is 1.26. The second kappa shape index (κ2) is 3.13. The number of aromatic nitrogens is 2. The summed E-state index contributed by atoms with van der Waals surface area (Å²) in [6.45, 7) is 1.97. The van der Waals surface area contributed by atoms with E-state index in [2.05, 4.69) is 15.1 Å². The smallest absolute Gasteiger partial charge is 0.207 e. The largest absolute Gasteiger partial charge is 0.326 e. The van der Waals surface area contributed by atoms with Gasteiger partial charge in [-0.15, -0.1) is 10.2 Å². The normalized spacial score (nSPS) is 36.0. The number of hydrogen-bond acceptors (Lipinski definition) is 5. The molecule has 3 atom stereocenters. The van der Waals surface area contributed by atoms with Crippen molar-refractivity contribution >= 4 is 22.9 Å². The molecule has 1 aliphatic carbocycles. The molecule has 0 aromatic carbocycles. The van der Waals surface area contributed by atoms with Crippen molar-refractivity contribution in [1.82, 2.24) is 15.1 Å². The van der Waals surface area contributed by atoms with Gasteiger partial charge in [0.15, 0.2) is 0 Å². The minimum atomic E-state index is 0.387. The van der Waals surface area contributed by atoms with Gasteiger partial charge in [0.25, 0.3) is 0 Å². The number of rotatable bonds is 2. The number of fused-ring (bicyclic) bond motifs is 1. The lowest BCUT2D eigenvalue weighted by atomic mass is 9.81. The van der Waals surface area contributed by atoms with Crippen molar-refractivity contribution in [2.24, 2.45) is 11.7 Å². The summed E-state index contributed by atoms with van der Waals surface area (Å²) in [5.41, 5.74) is 5.98. The predicted molar refractivity (Wildman–Crippen MR) is 55.2 cm³/mol. The first-order valence-electron chi connectivity index (χ1n) is 4.71. The molecule has 2 bridgehead atoms. The van der Waals surface area contributed by atoms with Crippen LogP contribution in [-0.2, 0) is 6.54 Å². The highest BCUT2D eigenvalue weighted by molar-refractivity contribution is 7.15. The van der Waals surface area contributed by atoms with Crippen molar-refractivity contribution in [3.63, 3.8) is 0 Å². The second-order valence-electron chi connectivity index (χ2n) is 4.02. The van der Waals surface area contributed by atoms with Crippen LogP contribution in [0.25, 0.3) is 0 Å². The average Bonchev–Trinajstić information content (AvgIpc) is 2.79. The highest BCUT2D eigenvalue weighted by Gasteiger charge is 2.49. The Kier molecular flexibility index (Phi) is 2.02. The van der Waals surface area contributed by atoms with Crippen LogP contribution in [-0.4, -0.2) is 33.7 Å². The molecule has 3 unspecified atom stereocenters. The van der Waals surface area contributed by atoms with Crippen LogP contribution in [0.3, 0.4) is 0 Å². The molecule has 0 spiro atoms. The zero-order valence-corrected chi connectivity index (χ0v) is 9.13. The van der Waals surface area contributed by atoms with Crippen molar-refractivity contribution in [3.05, 3.63) is 9.47 Å². The first kappa shape index (κ1) is 9.03. The van der Waals surface area contributed by atoms with Gasteiger partial charge in [-0.1, -0.05) is 11.3 Å². The molecule has 2 N–H and O–H groups in total. The molecule has 14 heavy (non-hydrogen) atoms. The lowest BCUT2D eigenvalue weighted by Crippen LogP contribution is -2.49. The number of halogens is 1. The van der Waals surface area contributed by atoms with Gasteiger partial charge in [0.2, 0.25) is 4.47 Å². The average molecular weight is 231 g/mol.